The summed E-state index contributed by atoms with van der Waals surface area (Å²) < 4.78 is 2.45. The lowest BCUT2D eigenvalue weighted by Crippen LogP contribution is -2.26. The van der Waals surface area contributed by atoms with E-state index in [1.54, 1.807) is 0 Å². The molecule has 0 saturated heterocycles. The summed E-state index contributed by atoms with van der Waals surface area (Å²) in [4.78, 5) is 10.3. The van der Waals surface area contributed by atoms with Gasteiger partial charge in [-0.2, -0.15) is 0 Å². The van der Waals surface area contributed by atoms with Gasteiger partial charge < -0.3 is 15.2 Å². The van der Waals surface area contributed by atoms with E-state index < -0.39 is 0 Å². The molecule has 0 radical (unpaired) electrons. The van der Waals surface area contributed by atoms with Gasteiger partial charge in [0.15, 0.2) is 5.82 Å². The Bertz CT molecular complexity index is 1480. The molecule has 0 fully saturated rings. The number of aryl methyl sites for hydroxylation is 1. The number of pyridine rings is 1. The van der Waals surface area contributed by atoms with Crippen LogP contribution in [0, 0.1) is 0 Å². The predicted molar refractivity (Wildman–Crippen MR) is 214 cm³/mol. The van der Waals surface area contributed by atoms with Crippen molar-refractivity contribution in [3.63, 3.8) is 0 Å². The highest BCUT2D eigenvalue weighted by atomic mass is 15.1. The van der Waals surface area contributed by atoms with Gasteiger partial charge in [-0.05, 0) is 57.4 Å². The van der Waals surface area contributed by atoms with E-state index in [0.717, 1.165) is 61.6 Å². The van der Waals surface area contributed by atoms with Crippen LogP contribution in [0.3, 0.4) is 0 Å². The smallest absolute Gasteiger partial charge is 0.155 e. The van der Waals surface area contributed by atoms with Crippen LogP contribution < -0.4 is 10.6 Å². The summed E-state index contributed by atoms with van der Waals surface area (Å²) in [5.74, 6) is 2.03. The summed E-state index contributed by atoms with van der Waals surface area (Å²) in [6.45, 7) is 14.0. The maximum Gasteiger partial charge on any atom is 0.155 e. The van der Waals surface area contributed by atoms with E-state index in [0.29, 0.717) is 0 Å². The van der Waals surface area contributed by atoms with Gasteiger partial charge in [0, 0.05) is 30.4 Å². The molecule has 4 aromatic rings. The number of para-hydroxylation sites is 1. The molecule has 0 spiro atoms. The van der Waals surface area contributed by atoms with E-state index in [1.165, 1.54) is 125 Å². The van der Waals surface area contributed by atoms with Gasteiger partial charge in [-0.15, -0.1) is 0 Å². The summed E-state index contributed by atoms with van der Waals surface area (Å²) in [5, 5.41) is 8.51. The van der Waals surface area contributed by atoms with Gasteiger partial charge in [0.1, 0.15) is 11.3 Å². The molecule has 0 unspecified atom stereocenters. The van der Waals surface area contributed by atoms with Crippen molar-refractivity contribution in [2.45, 2.75) is 175 Å². The molecule has 0 saturated carbocycles. The average molecular weight is 668 g/mol. The largest absolute Gasteiger partial charge is 0.364 e. The van der Waals surface area contributed by atoms with Crippen molar-refractivity contribution < 1.29 is 0 Å². The number of rotatable bonds is 25. The molecule has 4 rings (SSSR count). The minimum Gasteiger partial charge on any atom is -0.364 e. The van der Waals surface area contributed by atoms with Crippen LogP contribution in [0.4, 0.5) is 5.82 Å². The molecular weight excluding hydrogens is 599 g/mol. The van der Waals surface area contributed by atoms with Crippen molar-refractivity contribution in [1.82, 2.24) is 19.9 Å². The quantitative estimate of drug-likeness (QED) is 0.0691. The molecule has 270 valence electrons. The molecule has 2 aromatic heterocycles. The second-order valence-corrected chi connectivity index (χ2v) is 15.6. The lowest BCUT2D eigenvalue weighted by Gasteiger charge is -2.22. The molecule has 0 bridgehead atoms. The Balaban J connectivity index is 1.19. The number of aromatic nitrogens is 3. The second kappa shape index (κ2) is 21.3. The molecule has 0 aliphatic carbocycles. The molecule has 2 heterocycles. The summed E-state index contributed by atoms with van der Waals surface area (Å²) in [7, 11) is 0. The Hall–Kier alpha value is -2.92. The van der Waals surface area contributed by atoms with Crippen LogP contribution in [0.15, 0.2) is 48.5 Å². The van der Waals surface area contributed by atoms with Gasteiger partial charge in [0.25, 0.3) is 0 Å². The minimum absolute atomic E-state index is 0.106. The number of benzene rings is 2. The molecule has 5 nitrogen and oxygen atoms in total. The molecule has 2 aromatic carbocycles. The van der Waals surface area contributed by atoms with Crippen LogP contribution in [0.2, 0.25) is 0 Å². The van der Waals surface area contributed by atoms with Crippen molar-refractivity contribution >= 4 is 27.8 Å². The number of imidazole rings is 1. The third-order valence-electron chi connectivity index (χ3n) is 9.81. The van der Waals surface area contributed by atoms with Gasteiger partial charge in [-0.3, -0.25) is 0 Å². The Morgan fingerprint density at radius 3 is 1.76 bits per heavy atom. The summed E-state index contributed by atoms with van der Waals surface area (Å²) in [6.07, 6.45) is 25.9. The van der Waals surface area contributed by atoms with Crippen molar-refractivity contribution in [2.24, 2.45) is 0 Å². The van der Waals surface area contributed by atoms with Gasteiger partial charge in [0.05, 0.1) is 11.0 Å². The van der Waals surface area contributed by atoms with E-state index in [-0.39, 0.29) is 5.54 Å². The molecule has 0 aliphatic rings. The fraction of sp³-hybridized carbons (Fsp3) is 0.636. The van der Waals surface area contributed by atoms with Gasteiger partial charge in [0.2, 0.25) is 0 Å². The van der Waals surface area contributed by atoms with Gasteiger partial charge in [-0.25, -0.2) is 9.97 Å². The predicted octanol–water partition coefficient (Wildman–Crippen LogP) is 12.5. The Morgan fingerprint density at radius 2 is 1.16 bits per heavy atom. The first kappa shape index (κ1) is 38.9. The van der Waals surface area contributed by atoms with E-state index in [4.69, 9.17) is 9.97 Å². The SMILES string of the molecule is CCCCCCCCCCCCCCCCCCNCc1ccc(Cn2c(CCCC)nc3c(NC(C)(C)C)nc4ccccc4c32)cc1. The highest BCUT2D eigenvalue weighted by Crippen LogP contribution is 2.32. The number of nitrogens with one attached hydrogen (secondary N) is 2. The molecule has 2 N–H and O–H groups in total. The first-order valence-corrected chi connectivity index (χ1v) is 20.2. The molecule has 5 heteroatoms. The van der Waals surface area contributed by atoms with Crippen LogP contribution in [-0.4, -0.2) is 26.6 Å². The van der Waals surface area contributed by atoms with E-state index >= 15 is 0 Å². The summed E-state index contributed by atoms with van der Waals surface area (Å²) >= 11 is 0. The fourth-order valence-corrected chi connectivity index (χ4v) is 7.00. The summed E-state index contributed by atoms with van der Waals surface area (Å²) in [5.41, 5.74) is 5.74. The Labute approximate surface area is 299 Å². The van der Waals surface area contributed by atoms with Crippen LogP contribution >= 0.6 is 0 Å². The number of nitrogens with zero attached hydrogens (tertiary/aromatic N) is 3. The highest BCUT2D eigenvalue weighted by molar-refractivity contribution is 6.07. The molecular formula is C44H69N5. The molecule has 49 heavy (non-hydrogen) atoms. The highest BCUT2D eigenvalue weighted by Gasteiger charge is 2.21. The lowest BCUT2D eigenvalue weighted by atomic mass is 10.0. The Morgan fingerprint density at radius 1 is 0.612 bits per heavy atom. The zero-order valence-electron chi connectivity index (χ0n) is 32.0. The van der Waals surface area contributed by atoms with E-state index in [2.05, 4.69) is 98.4 Å². The topological polar surface area (TPSA) is 54.8 Å². The lowest BCUT2D eigenvalue weighted by molar-refractivity contribution is 0.525. The average Bonchev–Trinajstić information content (AvgIpc) is 3.45. The van der Waals surface area contributed by atoms with Crippen LogP contribution in [-0.2, 0) is 19.5 Å². The number of unbranched alkanes of at least 4 members (excludes halogenated alkanes) is 16. The first-order chi connectivity index (χ1) is 23.9. The third kappa shape index (κ3) is 13.4. The molecule has 0 atom stereocenters. The van der Waals surface area contributed by atoms with Gasteiger partial charge in [-0.1, -0.05) is 159 Å². The first-order valence-electron chi connectivity index (χ1n) is 20.2. The molecule has 0 amide bonds. The van der Waals surface area contributed by atoms with Crippen molar-refractivity contribution in [2.75, 3.05) is 11.9 Å². The van der Waals surface area contributed by atoms with E-state index in [1.807, 2.05) is 0 Å². The van der Waals surface area contributed by atoms with Crippen molar-refractivity contribution in [3.05, 3.63) is 65.5 Å². The maximum atomic E-state index is 5.24. The number of hydrogen-bond donors (Lipinski definition) is 2. The third-order valence-corrected chi connectivity index (χ3v) is 9.81. The minimum atomic E-state index is -0.106. The number of hydrogen-bond acceptors (Lipinski definition) is 4. The monoisotopic (exact) mass is 668 g/mol. The standard InChI is InChI=1S/C44H69N5/c1-6-8-10-11-12-13-14-15-16-17-18-19-20-21-22-25-33-45-34-36-29-31-37(32-30-36)35-49-40(28-9-7-2)47-41-42(49)38-26-23-24-27-39(38)46-43(41)48-44(3,4)5/h23-24,26-27,29-32,45H,6-22,25,28,33-35H2,1-5H3,(H,46,48). The normalized spacial score (nSPS) is 12.0. The van der Waals surface area contributed by atoms with Crippen LogP contribution in [0.25, 0.3) is 21.9 Å². The fourth-order valence-electron chi connectivity index (χ4n) is 7.00. The number of anilines is 1. The maximum absolute atomic E-state index is 5.24. The Kier molecular flexibility index (Phi) is 16.9. The van der Waals surface area contributed by atoms with Crippen molar-refractivity contribution in [1.29, 1.82) is 0 Å². The van der Waals surface area contributed by atoms with E-state index in [9.17, 15) is 0 Å². The zero-order valence-corrected chi connectivity index (χ0v) is 32.0. The van der Waals surface area contributed by atoms with Crippen LogP contribution in [0.1, 0.15) is 167 Å². The zero-order chi connectivity index (χ0) is 34.7. The van der Waals surface area contributed by atoms with Crippen LogP contribution in [0.5, 0.6) is 0 Å². The molecule has 0 aliphatic heterocycles. The number of fused-ring (bicyclic) bond motifs is 3. The summed E-state index contributed by atoms with van der Waals surface area (Å²) in [6, 6.07) is 17.7. The second-order valence-electron chi connectivity index (χ2n) is 15.6. The van der Waals surface area contributed by atoms with Crippen molar-refractivity contribution in [3.8, 4) is 0 Å². The van der Waals surface area contributed by atoms with Gasteiger partial charge >= 0.3 is 0 Å².